The fourth-order valence-corrected chi connectivity index (χ4v) is 1.96. The summed E-state index contributed by atoms with van der Waals surface area (Å²) >= 11 is 9.03. The molecule has 90 valence electrons. The zero-order valence-corrected chi connectivity index (χ0v) is 11.4. The van der Waals surface area contributed by atoms with Gasteiger partial charge < -0.3 is 5.32 Å². The summed E-state index contributed by atoms with van der Waals surface area (Å²) in [5.41, 5.74) is 1.17. The lowest BCUT2D eigenvalue weighted by atomic mass is 10.2. The lowest BCUT2D eigenvalue weighted by Crippen LogP contribution is -1.96. The zero-order valence-electron chi connectivity index (χ0n) is 9.05. The minimum atomic E-state index is -0.409. The van der Waals surface area contributed by atoms with E-state index in [9.17, 15) is 4.39 Å². The second-order valence-electron chi connectivity index (χ2n) is 3.55. The number of nitrogens with one attached hydrogen (secondary N) is 1. The quantitative estimate of drug-likeness (QED) is 0.856. The third-order valence-corrected chi connectivity index (χ3v) is 3.03. The molecule has 2 aromatic carbocycles. The first-order valence-electron chi connectivity index (χ1n) is 5.02. The maximum absolute atomic E-state index is 13.7. The summed E-state index contributed by atoms with van der Waals surface area (Å²) < 4.78 is 14.3. The Balaban J connectivity index is 2.40. The summed E-state index contributed by atoms with van der Waals surface area (Å²) in [5, 5.41) is 12.3. The second-order valence-corrected chi connectivity index (χ2v) is 4.90. The fraction of sp³-hybridized carbons (Fsp3) is 0. The molecule has 0 aliphatic carbocycles. The average Bonchev–Trinajstić information content (AvgIpc) is 2.33. The normalized spacial score (nSPS) is 9.89. The number of rotatable bonds is 2. The van der Waals surface area contributed by atoms with E-state index in [1.54, 1.807) is 30.3 Å². The van der Waals surface area contributed by atoms with Crippen LogP contribution in [-0.2, 0) is 0 Å². The summed E-state index contributed by atoms with van der Waals surface area (Å²) in [6.07, 6.45) is 0. The molecule has 0 amide bonds. The highest BCUT2D eigenvalue weighted by Crippen LogP contribution is 2.27. The van der Waals surface area contributed by atoms with Crippen molar-refractivity contribution in [2.45, 2.75) is 0 Å². The van der Waals surface area contributed by atoms with Crippen molar-refractivity contribution in [2.24, 2.45) is 0 Å². The van der Waals surface area contributed by atoms with Gasteiger partial charge in [0.05, 0.1) is 16.9 Å². The molecule has 0 heterocycles. The highest BCUT2D eigenvalue weighted by Gasteiger charge is 2.07. The van der Waals surface area contributed by atoms with Crippen LogP contribution in [0, 0.1) is 17.1 Å². The molecule has 0 saturated carbocycles. The van der Waals surface area contributed by atoms with Gasteiger partial charge in [0.2, 0.25) is 0 Å². The van der Waals surface area contributed by atoms with Crippen molar-refractivity contribution in [3.05, 3.63) is 57.3 Å². The zero-order chi connectivity index (χ0) is 13.1. The van der Waals surface area contributed by atoms with Crippen LogP contribution in [0.3, 0.4) is 0 Å². The maximum atomic E-state index is 13.7. The molecule has 0 atom stereocenters. The van der Waals surface area contributed by atoms with Crippen molar-refractivity contribution in [3.8, 4) is 6.07 Å². The molecule has 0 aliphatic heterocycles. The van der Waals surface area contributed by atoms with Gasteiger partial charge in [-0.2, -0.15) is 5.26 Å². The largest absolute Gasteiger partial charge is 0.352 e. The van der Waals surface area contributed by atoms with Crippen LogP contribution in [0.25, 0.3) is 0 Å². The highest BCUT2D eigenvalue weighted by atomic mass is 79.9. The van der Waals surface area contributed by atoms with Gasteiger partial charge in [0.1, 0.15) is 11.9 Å². The summed E-state index contributed by atoms with van der Waals surface area (Å²) in [7, 11) is 0. The number of nitrogens with zero attached hydrogens (tertiary/aromatic N) is 1. The van der Waals surface area contributed by atoms with Crippen molar-refractivity contribution in [1.82, 2.24) is 0 Å². The van der Waals surface area contributed by atoms with Gasteiger partial charge >= 0.3 is 0 Å². The second kappa shape index (κ2) is 5.38. The molecular formula is C13H7BrClFN2. The topological polar surface area (TPSA) is 35.8 Å². The van der Waals surface area contributed by atoms with Gasteiger partial charge in [0.15, 0.2) is 0 Å². The van der Waals surface area contributed by atoms with Crippen molar-refractivity contribution >= 4 is 38.9 Å². The lowest BCUT2D eigenvalue weighted by molar-refractivity contribution is 0.631. The lowest BCUT2D eigenvalue weighted by Gasteiger charge is -2.09. The van der Waals surface area contributed by atoms with Crippen LogP contribution in [0.4, 0.5) is 15.8 Å². The predicted molar refractivity (Wildman–Crippen MR) is 73.5 cm³/mol. The molecule has 18 heavy (non-hydrogen) atoms. The van der Waals surface area contributed by atoms with Crippen LogP contribution in [0.1, 0.15) is 5.56 Å². The van der Waals surface area contributed by atoms with E-state index >= 15 is 0 Å². The number of anilines is 2. The van der Waals surface area contributed by atoms with E-state index in [1.165, 1.54) is 6.07 Å². The summed E-state index contributed by atoms with van der Waals surface area (Å²) in [6, 6.07) is 11.4. The maximum Gasteiger partial charge on any atom is 0.147 e. The SMILES string of the molecule is N#Cc1ccc(Cl)cc1Nc1ccc(Br)cc1F. The Morgan fingerprint density at radius 1 is 1.17 bits per heavy atom. The molecule has 0 unspecified atom stereocenters. The van der Waals surface area contributed by atoms with Gasteiger partial charge in [-0.15, -0.1) is 0 Å². The average molecular weight is 326 g/mol. The monoisotopic (exact) mass is 324 g/mol. The molecular weight excluding hydrogens is 319 g/mol. The third kappa shape index (κ3) is 2.81. The van der Waals surface area contributed by atoms with Crippen molar-refractivity contribution in [2.75, 3.05) is 5.32 Å². The number of hydrogen-bond acceptors (Lipinski definition) is 2. The van der Waals surface area contributed by atoms with E-state index in [0.717, 1.165) is 0 Å². The molecule has 0 aliphatic rings. The summed E-state index contributed by atoms with van der Waals surface area (Å²) in [5.74, 6) is -0.409. The third-order valence-electron chi connectivity index (χ3n) is 2.30. The van der Waals surface area contributed by atoms with Gasteiger partial charge in [-0.05, 0) is 36.4 Å². The molecule has 0 fully saturated rings. The van der Waals surface area contributed by atoms with Crippen LogP contribution in [-0.4, -0.2) is 0 Å². The Hall–Kier alpha value is -1.57. The van der Waals surface area contributed by atoms with E-state index in [4.69, 9.17) is 16.9 Å². The minimum Gasteiger partial charge on any atom is -0.352 e. The molecule has 0 spiro atoms. The minimum absolute atomic E-state index is 0.289. The standard InChI is InChI=1S/C13H7BrClFN2/c14-9-2-4-12(11(16)5-9)18-13-6-10(15)3-1-8(13)7-17/h1-6,18H. The van der Waals surface area contributed by atoms with Crippen molar-refractivity contribution < 1.29 is 4.39 Å². The highest BCUT2D eigenvalue weighted by molar-refractivity contribution is 9.10. The Morgan fingerprint density at radius 3 is 2.61 bits per heavy atom. The summed E-state index contributed by atoms with van der Waals surface area (Å²) in [4.78, 5) is 0. The number of nitriles is 1. The first kappa shape index (κ1) is 12.9. The Morgan fingerprint density at radius 2 is 1.94 bits per heavy atom. The Labute approximate surface area is 117 Å². The van der Waals surface area contributed by atoms with Crippen LogP contribution < -0.4 is 5.32 Å². The number of halogens is 3. The molecule has 5 heteroatoms. The van der Waals surface area contributed by atoms with Crippen LogP contribution in [0.15, 0.2) is 40.9 Å². The molecule has 2 rings (SSSR count). The molecule has 0 bridgehead atoms. The van der Waals surface area contributed by atoms with Gasteiger partial charge in [0, 0.05) is 9.50 Å². The van der Waals surface area contributed by atoms with Gasteiger partial charge in [-0.3, -0.25) is 0 Å². The summed E-state index contributed by atoms with van der Waals surface area (Å²) in [6.45, 7) is 0. The van der Waals surface area contributed by atoms with Crippen LogP contribution >= 0.6 is 27.5 Å². The van der Waals surface area contributed by atoms with E-state index in [-0.39, 0.29) is 5.69 Å². The predicted octanol–water partition coefficient (Wildman–Crippen LogP) is 4.86. The smallest absolute Gasteiger partial charge is 0.147 e. The number of hydrogen-bond donors (Lipinski definition) is 1. The van der Waals surface area contributed by atoms with Gasteiger partial charge in [-0.1, -0.05) is 27.5 Å². The van der Waals surface area contributed by atoms with Crippen molar-refractivity contribution in [1.29, 1.82) is 5.26 Å². The first-order valence-corrected chi connectivity index (χ1v) is 6.19. The molecule has 2 nitrogen and oxygen atoms in total. The molecule has 2 aromatic rings. The molecule has 1 N–H and O–H groups in total. The van der Waals surface area contributed by atoms with E-state index in [2.05, 4.69) is 21.2 Å². The van der Waals surface area contributed by atoms with E-state index in [1.807, 2.05) is 6.07 Å². The number of benzene rings is 2. The first-order chi connectivity index (χ1) is 8.60. The van der Waals surface area contributed by atoms with E-state index in [0.29, 0.717) is 20.7 Å². The van der Waals surface area contributed by atoms with Crippen molar-refractivity contribution in [3.63, 3.8) is 0 Å². The molecule has 0 saturated heterocycles. The van der Waals surface area contributed by atoms with E-state index < -0.39 is 5.82 Å². The van der Waals surface area contributed by atoms with Gasteiger partial charge in [0.25, 0.3) is 0 Å². The molecule has 0 radical (unpaired) electrons. The van der Waals surface area contributed by atoms with Crippen LogP contribution in [0.5, 0.6) is 0 Å². The van der Waals surface area contributed by atoms with Crippen LogP contribution in [0.2, 0.25) is 5.02 Å². The van der Waals surface area contributed by atoms with Gasteiger partial charge in [-0.25, -0.2) is 4.39 Å². The molecule has 0 aromatic heterocycles. The Bertz CT molecular complexity index is 637. The Kier molecular flexibility index (Phi) is 3.85. The fourth-order valence-electron chi connectivity index (χ4n) is 1.45.